The van der Waals surface area contributed by atoms with Crippen molar-refractivity contribution in [3.05, 3.63) is 136 Å². The Labute approximate surface area is 260 Å². The van der Waals surface area contributed by atoms with Crippen LogP contribution in [-0.2, 0) is 6.42 Å². The molecule has 4 aromatic carbocycles. The van der Waals surface area contributed by atoms with Crippen molar-refractivity contribution in [1.29, 1.82) is 0 Å². The lowest BCUT2D eigenvalue weighted by Crippen LogP contribution is -2.53. The van der Waals surface area contributed by atoms with Gasteiger partial charge >= 0.3 is 0 Å². The summed E-state index contributed by atoms with van der Waals surface area (Å²) in [6.45, 7) is 8.16. The molecule has 0 saturated carbocycles. The van der Waals surface area contributed by atoms with Crippen LogP contribution in [0.4, 0.5) is 5.69 Å². The van der Waals surface area contributed by atoms with Gasteiger partial charge in [-0.3, -0.25) is 14.7 Å². The van der Waals surface area contributed by atoms with Crippen LogP contribution < -0.4 is 4.90 Å². The molecule has 0 bridgehead atoms. The zero-order valence-electron chi connectivity index (χ0n) is 24.7. The first-order chi connectivity index (χ1) is 21.1. The van der Waals surface area contributed by atoms with Gasteiger partial charge in [-0.2, -0.15) is 0 Å². The molecule has 3 aliphatic heterocycles. The first-order valence-corrected chi connectivity index (χ1v) is 16.1. The largest absolute Gasteiger partial charge is 0.390 e. The molecule has 3 atom stereocenters. The van der Waals surface area contributed by atoms with Crippen LogP contribution in [0.3, 0.4) is 0 Å². The van der Waals surface area contributed by atoms with Crippen molar-refractivity contribution >= 4 is 17.3 Å². The van der Waals surface area contributed by atoms with Gasteiger partial charge in [0, 0.05) is 69.6 Å². The average Bonchev–Trinajstić information content (AvgIpc) is 3.18. The third-order valence-electron chi connectivity index (χ3n) is 9.57. The fraction of sp³-hybridized carbons (Fsp3) is 0.351. The van der Waals surface area contributed by atoms with E-state index in [2.05, 4.69) is 111 Å². The van der Waals surface area contributed by atoms with E-state index in [9.17, 15) is 5.11 Å². The third-order valence-corrected chi connectivity index (χ3v) is 9.82. The number of rotatable bonds is 7. The number of nitrogens with zero attached hydrogens (tertiary/aromatic N) is 4. The van der Waals surface area contributed by atoms with Gasteiger partial charge in [-0.15, -0.1) is 0 Å². The Balaban J connectivity index is 0.981. The first-order valence-electron chi connectivity index (χ1n) is 15.7. The number of halogens is 1. The predicted octanol–water partition coefficient (Wildman–Crippen LogP) is 5.88. The Morgan fingerprint density at radius 2 is 1.28 bits per heavy atom. The molecule has 0 aliphatic carbocycles. The van der Waals surface area contributed by atoms with E-state index >= 15 is 0 Å². The normalized spacial score (nSPS) is 20.9. The number of anilines is 1. The molecule has 4 aromatic rings. The van der Waals surface area contributed by atoms with Crippen molar-refractivity contribution in [3.63, 3.8) is 0 Å². The SMILES string of the molecule is OC(CN1CCN(C(c2ccccc2)c2ccc(Cl)cc2)CC1)CN1CCN2c3ccccc3Cc3ccccc3C2C1. The van der Waals surface area contributed by atoms with Gasteiger partial charge in [0.15, 0.2) is 0 Å². The summed E-state index contributed by atoms with van der Waals surface area (Å²) in [5.41, 5.74) is 8.22. The number of β-amino-alcohol motifs (C(OH)–C–C–N with tert-alkyl or cyclic N) is 1. The molecule has 0 amide bonds. The highest BCUT2D eigenvalue weighted by Gasteiger charge is 2.34. The van der Waals surface area contributed by atoms with E-state index < -0.39 is 0 Å². The maximum atomic E-state index is 11.3. The summed E-state index contributed by atoms with van der Waals surface area (Å²) >= 11 is 6.22. The van der Waals surface area contributed by atoms with Gasteiger partial charge in [0.2, 0.25) is 0 Å². The number of para-hydroxylation sites is 1. The van der Waals surface area contributed by atoms with Crippen LogP contribution in [0.2, 0.25) is 5.02 Å². The molecule has 6 heteroatoms. The average molecular weight is 593 g/mol. The topological polar surface area (TPSA) is 33.2 Å². The highest BCUT2D eigenvalue weighted by Crippen LogP contribution is 2.39. The Morgan fingerprint density at radius 1 is 0.651 bits per heavy atom. The van der Waals surface area contributed by atoms with E-state index in [4.69, 9.17) is 11.6 Å². The first kappa shape index (κ1) is 28.6. The quantitative estimate of drug-likeness (QED) is 0.290. The van der Waals surface area contributed by atoms with E-state index in [1.165, 1.54) is 33.5 Å². The predicted molar refractivity (Wildman–Crippen MR) is 176 cm³/mol. The number of piperazine rings is 2. The van der Waals surface area contributed by atoms with Crippen LogP contribution in [0, 0.1) is 0 Å². The number of aliphatic hydroxyl groups is 1. The maximum Gasteiger partial charge on any atom is 0.0793 e. The van der Waals surface area contributed by atoms with Gasteiger partial charge in [-0.05, 0) is 52.4 Å². The van der Waals surface area contributed by atoms with Crippen molar-refractivity contribution in [2.75, 3.05) is 63.8 Å². The maximum absolute atomic E-state index is 11.3. The van der Waals surface area contributed by atoms with Gasteiger partial charge in [0.05, 0.1) is 18.2 Å². The van der Waals surface area contributed by atoms with E-state index in [0.717, 1.165) is 63.8 Å². The van der Waals surface area contributed by atoms with E-state index in [1.54, 1.807) is 0 Å². The van der Waals surface area contributed by atoms with Crippen LogP contribution in [-0.4, -0.2) is 84.8 Å². The van der Waals surface area contributed by atoms with Crippen LogP contribution >= 0.6 is 11.6 Å². The zero-order chi connectivity index (χ0) is 29.2. The van der Waals surface area contributed by atoms with Crippen LogP contribution in [0.25, 0.3) is 0 Å². The molecule has 0 aromatic heterocycles. The fourth-order valence-electron chi connectivity index (χ4n) is 7.48. The van der Waals surface area contributed by atoms with Gasteiger partial charge < -0.3 is 10.0 Å². The molecule has 5 nitrogen and oxygen atoms in total. The Morgan fingerprint density at radius 3 is 2.07 bits per heavy atom. The molecule has 2 fully saturated rings. The number of hydrogen-bond donors (Lipinski definition) is 1. The smallest absolute Gasteiger partial charge is 0.0793 e. The highest BCUT2D eigenvalue weighted by molar-refractivity contribution is 6.30. The summed E-state index contributed by atoms with van der Waals surface area (Å²) < 4.78 is 0. The summed E-state index contributed by atoms with van der Waals surface area (Å²) in [4.78, 5) is 10.1. The summed E-state index contributed by atoms with van der Waals surface area (Å²) in [6, 6.07) is 37.4. The molecule has 222 valence electrons. The Bertz CT molecular complexity index is 1500. The minimum absolute atomic E-state index is 0.203. The second-order valence-electron chi connectivity index (χ2n) is 12.3. The standard InChI is InChI=1S/C37H41ClN4O/c38-32-16-14-29(15-17-32)37(28-8-2-1-3-9-28)41-21-18-39(19-22-41)25-33(43)26-40-20-23-42-35-13-7-5-11-31(35)24-30-10-4-6-12-34(30)36(42)27-40/h1-17,33,36-37,43H,18-27H2. The number of hydrogen-bond acceptors (Lipinski definition) is 5. The summed E-state index contributed by atoms with van der Waals surface area (Å²) in [6.07, 6.45) is 0.615. The Kier molecular flexibility index (Phi) is 8.51. The van der Waals surface area contributed by atoms with E-state index in [0.29, 0.717) is 12.6 Å². The Hall–Kier alpha value is -3.19. The van der Waals surface area contributed by atoms with Crippen molar-refractivity contribution in [2.45, 2.75) is 24.6 Å². The molecule has 1 N–H and O–H groups in total. The van der Waals surface area contributed by atoms with Crippen molar-refractivity contribution in [1.82, 2.24) is 14.7 Å². The van der Waals surface area contributed by atoms with Crippen LogP contribution in [0.5, 0.6) is 0 Å². The number of benzene rings is 4. The monoisotopic (exact) mass is 592 g/mol. The lowest BCUT2D eigenvalue weighted by Gasteiger charge is -2.44. The fourth-order valence-corrected chi connectivity index (χ4v) is 7.60. The summed E-state index contributed by atoms with van der Waals surface area (Å²) in [5.74, 6) is 0. The van der Waals surface area contributed by atoms with E-state index in [-0.39, 0.29) is 12.1 Å². The number of aliphatic hydroxyl groups excluding tert-OH is 1. The summed E-state index contributed by atoms with van der Waals surface area (Å²) in [7, 11) is 0. The van der Waals surface area contributed by atoms with Crippen LogP contribution in [0.15, 0.2) is 103 Å². The lowest BCUT2D eigenvalue weighted by atomic mass is 9.96. The third kappa shape index (κ3) is 6.24. The molecule has 7 rings (SSSR count). The molecule has 43 heavy (non-hydrogen) atoms. The minimum atomic E-state index is -0.368. The van der Waals surface area contributed by atoms with Gasteiger partial charge in [-0.25, -0.2) is 0 Å². The molecular formula is C37H41ClN4O. The van der Waals surface area contributed by atoms with Crippen LogP contribution in [0.1, 0.15) is 39.9 Å². The second kappa shape index (κ2) is 12.8. The molecular weight excluding hydrogens is 552 g/mol. The van der Waals surface area contributed by atoms with Gasteiger partial charge in [0.25, 0.3) is 0 Å². The molecule has 3 aliphatic rings. The van der Waals surface area contributed by atoms with Crippen molar-refractivity contribution in [3.8, 4) is 0 Å². The van der Waals surface area contributed by atoms with Crippen molar-refractivity contribution in [2.24, 2.45) is 0 Å². The van der Waals surface area contributed by atoms with Gasteiger partial charge in [-0.1, -0.05) is 96.5 Å². The van der Waals surface area contributed by atoms with Crippen molar-refractivity contribution < 1.29 is 5.11 Å². The van der Waals surface area contributed by atoms with Gasteiger partial charge in [0.1, 0.15) is 0 Å². The molecule has 0 radical (unpaired) electrons. The second-order valence-corrected chi connectivity index (χ2v) is 12.8. The zero-order valence-corrected chi connectivity index (χ0v) is 25.5. The van der Waals surface area contributed by atoms with E-state index in [1.807, 2.05) is 12.1 Å². The summed E-state index contributed by atoms with van der Waals surface area (Å²) in [5, 5.41) is 12.1. The molecule has 0 spiro atoms. The molecule has 3 unspecified atom stereocenters. The minimum Gasteiger partial charge on any atom is -0.390 e. The molecule has 2 saturated heterocycles. The molecule has 3 heterocycles. The number of fused-ring (bicyclic) bond motifs is 5. The highest BCUT2D eigenvalue weighted by atomic mass is 35.5. The lowest BCUT2D eigenvalue weighted by molar-refractivity contribution is 0.0403.